The molecule has 2 nitrogen and oxygen atoms in total. The third-order valence-corrected chi connectivity index (χ3v) is 5.67. The molecule has 2 unspecified atom stereocenters. The second-order valence-corrected chi connectivity index (χ2v) is 7.59. The maximum Gasteiger partial charge on any atom is 0.461 e. The number of hydrogen-bond acceptors (Lipinski definition) is 2. The van der Waals surface area contributed by atoms with Gasteiger partial charge in [-0.2, -0.15) is 0 Å². The Morgan fingerprint density at radius 2 is 1.48 bits per heavy atom. The first-order valence-electron chi connectivity index (χ1n) is 8.31. The number of benzene rings is 1. The molecule has 1 saturated carbocycles. The minimum atomic E-state index is -0.226. The third-order valence-electron chi connectivity index (χ3n) is 5.67. The van der Waals surface area contributed by atoms with Gasteiger partial charge in [-0.3, -0.25) is 0 Å². The molecule has 3 rings (SSSR count). The van der Waals surface area contributed by atoms with Crippen LogP contribution >= 0.6 is 0 Å². The highest BCUT2D eigenvalue weighted by Gasteiger charge is 2.55. The van der Waals surface area contributed by atoms with E-state index in [0.29, 0.717) is 11.7 Å². The van der Waals surface area contributed by atoms with Crippen LogP contribution in [0.1, 0.15) is 64.9 Å². The fraction of sp³-hybridized carbons (Fsp3) is 0.667. The smallest absolute Gasteiger partial charge is 0.403 e. The van der Waals surface area contributed by atoms with Gasteiger partial charge in [0.15, 0.2) is 0 Å². The summed E-state index contributed by atoms with van der Waals surface area (Å²) < 4.78 is 12.7. The summed E-state index contributed by atoms with van der Waals surface area (Å²) in [5.74, 6) is 1.04. The molecule has 21 heavy (non-hydrogen) atoms. The molecule has 114 valence electrons. The molecule has 1 heterocycles. The molecule has 1 aromatic carbocycles. The molecule has 1 saturated heterocycles. The summed E-state index contributed by atoms with van der Waals surface area (Å²) in [6, 6.07) is 10.9. The van der Waals surface area contributed by atoms with E-state index in [1.54, 1.807) is 0 Å². The fourth-order valence-electron chi connectivity index (χ4n) is 3.66. The van der Waals surface area contributed by atoms with Gasteiger partial charge >= 0.3 is 7.12 Å². The van der Waals surface area contributed by atoms with Crippen LogP contribution in [0.25, 0.3) is 0 Å². The Bertz CT molecular complexity index is 467. The lowest BCUT2D eigenvalue weighted by atomic mass is 9.57. The highest BCUT2D eigenvalue weighted by Crippen LogP contribution is 2.49. The second-order valence-electron chi connectivity index (χ2n) is 7.59. The minimum Gasteiger partial charge on any atom is -0.403 e. The molecule has 0 amide bonds. The highest BCUT2D eigenvalue weighted by atomic mass is 16.7. The Labute approximate surface area is 129 Å². The van der Waals surface area contributed by atoms with Crippen molar-refractivity contribution in [2.24, 2.45) is 0 Å². The number of hydrogen-bond donors (Lipinski definition) is 0. The Kier molecular flexibility index (Phi) is 3.92. The van der Waals surface area contributed by atoms with Gasteiger partial charge in [0.2, 0.25) is 0 Å². The quantitative estimate of drug-likeness (QED) is 0.726. The summed E-state index contributed by atoms with van der Waals surface area (Å²) in [5.41, 5.74) is 0.990. The van der Waals surface area contributed by atoms with Crippen molar-refractivity contribution in [3.63, 3.8) is 0 Å². The van der Waals surface area contributed by atoms with Crippen LogP contribution in [-0.2, 0) is 9.31 Å². The highest BCUT2D eigenvalue weighted by molar-refractivity contribution is 6.47. The summed E-state index contributed by atoms with van der Waals surface area (Å²) in [7, 11) is -0.0690. The zero-order valence-corrected chi connectivity index (χ0v) is 13.8. The Balaban J connectivity index is 1.83. The van der Waals surface area contributed by atoms with Crippen molar-refractivity contribution in [2.45, 2.75) is 76.3 Å². The first-order chi connectivity index (χ1) is 9.91. The van der Waals surface area contributed by atoms with Crippen molar-refractivity contribution in [1.82, 2.24) is 0 Å². The lowest BCUT2D eigenvalue weighted by Gasteiger charge is -2.33. The maximum atomic E-state index is 6.33. The second kappa shape index (κ2) is 5.44. The van der Waals surface area contributed by atoms with Crippen LogP contribution < -0.4 is 0 Å². The van der Waals surface area contributed by atoms with E-state index in [1.807, 2.05) is 0 Å². The fourth-order valence-corrected chi connectivity index (χ4v) is 3.66. The monoisotopic (exact) mass is 286 g/mol. The Morgan fingerprint density at radius 3 is 2.10 bits per heavy atom. The average Bonchev–Trinajstić information content (AvgIpc) is 2.68. The van der Waals surface area contributed by atoms with Crippen LogP contribution in [0.4, 0.5) is 0 Å². The van der Waals surface area contributed by atoms with Crippen molar-refractivity contribution in [3.8, 4) is 0 Å². The summed E-state index contributed by atoms with van der Waals surface area (Å²) >= 11 is 0. The number of rotatable bonds is 2. The Morgan fingerprint density at radius 1 is 0.905 bits per heavy atom. The normalized spacial score (nSPS) is 31.3. The summed E-state index contributed by atoms with van der Waals surface area (Å²) in [6.07, 6.45) is 5.06. The molecule has 2 fully saturated rings. The average molecular weight is 286 g/mol. The van der Waals surface area contributed by atoms with Gasteiger partial charge in [0, 0.05) is 5.82 Å². The van der Waals surface area contributed by atoms with Crippen molar-refractivity contribution >= 4 is 7.12 Å². The molecule has 2 aliphatic rings. The predicted molar refractivity (Wildman–Crippen MR) is 87.5 cm³/mol. The van der Waals surface area contributed by atoms with E-state index in [4.69, 9.17) is 9.31 Å². The molecule has 0 spiro atoms. The zero-order chi connectivity index (χ0) is 15.1. The van der Waals surface area contributed by atoms with Gasteiger partial charge in [-0.1, -0.05) is 49.6 Å². The van der Waals surface area contributed by atoms with Crippen molar-refractivity contribution in [2.75, 3.05) is 0 Å². The summed E-state index contributed by atoms with van der Waals surface area (Å²) in [6.45, 7) is 8.58. The molecular formula is C18H27BO2. The molecule has 3 heteroatoms. The Hall–Kier alpha value is -0.795. The zero-order valence-electron chi connectivity index (χ0n) is 13.8. The summed E-state index contributed by atoms with van der Waals surface area (Å²) in [4.78, 5) is 0. The van der Waals surface area contributed by atoms with E-state index in [-0.39, 0.29) is 18.3 Å². The maximum absolute atomic E-state index is 6.33. The van der Waals surface area contributed by atoms with E-state index in [2.05, 4.69) is 58.0 Å². The predicted octanol–water partition coefficient (Wildman–Crippen LogP) is 4.81. The van der Waals surface area contributed by atoms with E-state index in [1.165, 1.54) is 31.2 Å². The van der Waals surface area contributed by atoms with Gasteiger partial charge in [-0.15, -0.1) is 0 Å². The molecule has 1 aliphatic heterocycles. The van der Waals surface area contributed by atoms with Gasteiger partial charge in [0.05, 0.1) is 11.2 Å². The molecule has 2 atom stereocenters. The van der Waals surface area contributed by atoms with Gasteiger partial charge in [0.25, 0.3) is 0 Å². The van der Waals surface area contributed by atoms with Crippen LogP contribution in [0.15, 0.2) is 30.3 Å². The van der Waals surface area contributed by atoms with Crippen LogP contribution in [0, 0.1) is 0 Å². The molecule has 0 bridgehead atoms. The van der Waals surface area contributed by atoms with E-state index in [9.17, 15) is 0 Å². The van der Waals surface area contributed by atoms with Crippen molar-refractivity contribution in [3.05, 3.63) is 35.9 Å². The minimum absolute atomic E-state index is 0.0690. The lowest BCUT2D eigenvalue weighted by molar-refractivity contribution is 0.00578. The van der Waals surface area contributed by atoms with Gasteiger partial charge < -0.3 is 9.31 Å². The lowest BCUT2D eigenvalue weighted by Crippen LogP contribution is -2.41. The first-order valence-corrected chi connectivity index (χ1v) is 8.31. The first kappa shape index (κ1) is 15.1. The molecule has 1 aliphatic carbocycles. The molecular weight excluding hydrogens is 259 g/mol. The molecule has 0 aromatic heterocycles. The van der Waals surface area contributed by atoms with E-state index >= 15 is 0 Å². The molecule has 1 aromatic rings. The largest absolute Gasteiger partial charge is 0.461 e. The van der Waals surface area contributed by atoms with E-state index in [0.717, 1.165) is 0 Å². The topological polar surface area (TPSA) is 18.5 Å². The van der Waals surface area contributed by atoms with Gasteiger partial charge in [-0.05, 0) is 45.6 Å². The van der Waals surface area contributed by atoms with E-state index < -0.39 is 0 Å². The third kappa shape index (κ3) is 2.78. The standard InChI is InChI=1S/C18H27BO2/c1-17(2)18(3,4)21-19(20-17)16-13-9-8-12-15(16)14-10-6-5-7-11-14/h5-7,10-11,15-16H,8-9,12-13H2,1-4H3. The van der Waals surface area contributed by atoms with Crippen LogP contribution in [0.3, 0.4) is 0 Å². The van der Waals surface area contributed by atoms with Crippen molar-refractivity contribution < 1.29 is 9.31 Å². The van der Waals surface area contributed by atoms with Gasteiger partial charge in [-0.25, -0.2) is 0 Å². The molecule has 0 N–H and O–H groups in total. The van der Waals surface area contributed by atoms with Crippen LogP contribution in [0.2, 0.25) is 5.82 Å². The summed E-state index contributed by atoms with van der Waals surface area (Å²) in [5, 5.41) is 0. The van der Waals surface area contributed by atoms with Gasteiger partial charge in [0.1, 0.15) is 0 Å². The van der Waals surface area contributed by atoms with Crippen molar-refractivity contribution in [1.29, 1.82) is 0 Å². The van der Waals surface area contributed by atoms with Crippen LogP contribution in [-0.4, -0.2) is 18.3 Å². The SMILES string of the molecule is CC1(C)OB(C2CCCCC2c2ccccc2)OC1(C)C. The molecule has 0 radical (unpaired) electrons. The van der Waals surface area contributed by atoms with Crippen LogP contribution in [0.5, 0.6) is 0 Å².